The molecule has 0 unspecified atom stereocenters. The number of aromatic nitrogens is 2. The van der Waals surface area contributed by atoms with Gasteiger partial charge in [0.1, 0.15) is 0 Å². The zero-order chi connectivity index (χ0) is 14.7. The molecule has 2 aromatic heterocycles. The summed E-state index contributed by atoms with van der Waals surface area (Å²) in [6.45, 7) is 2.72. The van der Waals surface area contributed by atoms with Gasteiger partial charge in [-0.2, -0.15) is 5.10 Å². The molecule has 1 aromatic carbocycles. The van der Waals surface area contributed by atoms with Crippen LogP contribution in [-0.4, -0.2) is 15.7 Å². The number of nitrogens with one attached hydrogen (secondary N) is 1. The first kappa shape index (κ1) is 13.2. The normalized spacial score (nSPS) is 10.5. The highest BCUT2D eigenvalue weighted by molar-refractivity contribution is 6.02. The second kappa shape index (κ2) is 5.66. The molecule has 2 heterocycles. The lowest BCUT2D eigenvalue weighted by Crippen LogP contribution is -2.10. The van der Waals surface area contributed by atoms with E-state index in [-0.39, 0.29) is 11.7 Å². The fourth-order valence-corrected chi connectivity index (χ4v) is 2.00. The number of aryl methyl sites for hydroxylation is 1. The zero-order valence-corrected chi connectivity index (χ0v) is 11.6. The molecule has 3 aromatic rings. The molecule has 0 atom stereocenters. The van der Waals surface area contributed by atoms with Crippen molar-refractivity contribution in [1.82, 2.24) is 9.78 Å². The van der Waals surface area contributed by atoms with E-state index >= 15 is 0 Å². The number of hydrogen-bond acceptors (Lipinski definition) is 3. The van der Waals surface area contributed by atoms with Crippen LogP contribution in [0.2, 0.25) is 0 Å². The molecule has 21 heavy (non-hydrogen) atoms. The third-order valence-corrected chi connectivity index (χ3v) is 3.10. The third-order valence-electron chi connectivity index (χ3n) is 3.10. The van der Waals surface area contributed by atoms with Crippen molar-refractivity contribution >= 4 is 11.6 Å². The summed E-state index contributed by atoms with van der Waals surface area (Å²) in [6, 6.07) is 11.6. The van der Waals surface area contributed by atoms with Gasteiger partial charge in [0.25, 0.3) is 5.91 Å². The first-order chi connectivity index (χ1) is 10.2. The maximum atomic E-state index is 11.8. The SMILES string of the molecule is Cc1ccc(Cn2cc(NC(=O)c3ccco3)cn2)cc1. The predicted molar refractivity (Wildman–Crippen MR) is 79.2 cm³/mol. The van der Waals surface area contributed by atoms with Gasteiger partial charge in [-0.3, -0.25) is 9.48 Å². The van der Waals surface area contributed by atoms with Crippen molar-refractivity contribution in [3.8, 4) is 0 Å². The number of hydrogen-bond donors (Lipinski definition) is 1. The Morgan fingerprint density at radius 1 is 1.29 bits per heavy atom. The summed E-state index contributed by atoms with van der Waals surface area (Å²) in [5, 5.41) is 6.98. The van der Waals surface area contributed by atoms with Crippen molar-refractivity contribution in [2.75, 3.05) is 5.32 Å². The zero-order valence-electron chi connectivity index (χ0n) is 11.6. The highest BCUT2D eigenvalue weighted by atomic mass is 16.3. The lowest BCUT2D eigenvalue weighted by molar-refractivity contribution is 0.0996. The molecule has 0 fully saturated rings. The van der Waals surface area contributed by atoms with Gasteiger partial charge in [0.05, 0.1) is 24.7 Å². The summed E-state index contributed by atoms with van der Waals surface area (Å²) in [7, 11) is 0. The molecular formula is C16H15N3O2. The molecular weight excluding hydrogens is 266 g/mol. The van der Waals surface area contributed by atoms with Crippen molar-refractivity contribution in [2.45, 2.75) is 13.5 Å². The van der Waals surface area contributed by atoms with Gasteiger partial charge in [0.15, 0.2) is 5.76 Å². The minimum Gasteiger partial charge on any atom is -0.459 e. The Bertz CT molecular complexity index is 727. The van der Waals surface area contributed by atoms with E-state index in [1.54, 1.807) is 29.2 Å². The van der Waals surface area contributed by atoms with E-state index in [0.29, 0.717) is 12.2 Å². The number of carbonyl (C=O) groups excluding carboxylic acids is 1. The highest BCUT2D eigenvalue weighted by Crippen LogP contribution is 2.11. The largest absolute Gasteiger partial charge is 0.459 e. The maximum Gasteiger partial charge on any atom is 0.291 e. The van der Waals surface area contributed by atoms with Crippen LogP contribution in [0.25, 0.3) is 0 Å². The van der Waals surface area contributed by atoms with E-state index in [4.69, 9.17) is 4.42 Å². The van der Waals surface area contributed by atoms with E-state index in [0.717, 1.165) is 5.56 Å². The monoisotopic (exact) mass is 281 g/mol. The van der Waals surface area contributed by atoms with Crippen LogP contribution in [0.5, 0.6) is 0 Å². The molecule has 0 radical (unpaired) electrons. The molecule has 0 aliphatic carbocycles. The molecule has 0 saturated carbocycles. The highest BCUT2D eigenvalue weighted by Gasteiger charge is 2.09. The van der Waals surface area contributed by atoms with Crippen LogP contribution >= 0.6 is 0 Å². The molecule has 5 heteroatoms. The van der Waals surface area contributed by atoms with E-state index in [1.165, 1.54) is 11.8 Å². The summed E-state index contributed by atoms with van der Waals surface area (Å²) in [5.41, 5.74) is 3.03. The molecule has 1 N–H and O–H groups in total. The standard InChI is InChI=1S/C16H15N3O2/c1-12-4-6-13(7-5-12)10-19-11-14(9-17-19)18-16(20)15-3-2-8-21-15/h2-9,11H,10H2,1H3,(H,18,20). The quantitative estimate of drug-likeness (QED) is 0.799. The molecule has 0 spiro atoms. The van der Waals surface area contributed by atoms with Gasteiger partial charge >= 0.3 is 0 Å². The molecule has 5 nitrogen and oxygen atoms in total. The third kappa shape index (κ3) is 3.20. The van der Waals surface area contributed by atoms with E-state index in [1.807, 2.05) is 0 Å². The maximum absolute atomic E-state index is 11.8. The topological polar surface area (TPSA) is 60.1 Å². The lowest BCUT2D eigenvalue weighted by Gasteiger charge is -2.02. The Hall–Kier alpha value is -2.82. The molecule has 0 bridgehead atoms. The van der Waals surface area contributed by atoms with Crippen LogP contribution in [0.15, 0.2) is 59.5 Å². The van der Waals surface area contributed by atoms with Crippen LogP contribution in [0.4, 0.5) is 5.69 Å². The summed E-state index contributed by atoms with van der Waals surface area (Å²) in [5.74, 6) is -0.00355. The Morgan fingerprint density at radius 3 is 2.81 bits per heavy atom. The van der Waals surface area contributed by atoms with Gasteiger partial charge < -0.3 is 9.73 Å². The van der Waals surface area contributed by atoms with E-state index < -0.39 is 0 Å². The molecule has 1 amide bonds. The van der Waals surface area contributed by atoms with Crippen LogP contribution in [0, 0.1) is 6.92 Å². The smallest absolute Gasteiger partial charge is 0.291 e. The number of furan rings is 1. The summed E-state index contributed by atoms with van der Waals surface area (Å²) >= 11 is 0. The number of carbonyl (C=O) groups is 1. The van der Waals surface area contributed by atoms with Crippen molar-refractivity contribution in [1.29, 1.82) is 0 Å². The Balaban J connectivity index is 1.66. The van der Waals surface area contributed by atoms with Crippen LogP contribution < -0.4 is 5.32 Å². The number of benzene rings is 1. The number of rotatable bonds is 4. The van der Waals surface area contributed by atoms with Crippen molar-refractivity contribution < 1.29 is 9.21 Å². The molecule has 0 aliphatic heterocycles. The second-order valence-corrected chi connectivity index (χ2v) is 4.84. The fourth-order valence-electron chi connectivity index (χ4n) is 2.00. The van der Waals surface area contributed by atoms with E-state index in [2.05, 4.69) is 41.6 Å². The Morgan fingerprint density at radius 2 is 2.10 bits per heavy atom. The molecule has 106 valence electrons. The molecule has 0 saturated heterocycles. The van der Waals surface area contributed by atoms with Crippen molar-refractivity contribution in [2.24, 2.45) is 0 Å². The molecule has 3 rings (SSSR count). The second-order valence-electron chi connectivity index (χ2n) is 4.84. The van der Waals surface area contributed by atoms with Crippen LogP contribution in [-0.2, 0) is 6.54 Å². The van der Waals surface area contributed by atoms with Gasteiger partial charge in [-0.15, -0.1) is 0 Å². The van der Waals surface area contributed by atoms with Crippen molar-refractivity contribution in [3.05, 3.63) is 71.9 Å². The van der Waals surface area contributed by atoms with Gasteiger partial charge in [0, 0.05) is 6.20 Å². The summed E-state index contributed by atoms with van der Waals surface area (Å²) in [4.78, 5) is 11.8. The fraction of sp³-hybridized carbons (Fsp3) is 0.125. The number of amides is 1. The lowest BCUT2D eigenvalue weighted by atomic mass is 10.1. The average molecular weight is 281 g/mol. The first-order valence-electron chi connectivity index (χ1n) is 6.63. The summed E-state index contributed by atoms with van der Waals surface area (Å²) < 4.78 is 6.82. The van der Waals surface area contributed by atoms with Gasteiger partial charge in [-0.25, -0.2) is 0 Å². The number of anilines is 1. The summed E-state index contributed by atoms with van der Waals surface area (Å²) in [6.07, 6.45) is 4.88. The predicted octanol–water partition coefficient (Wildman–Crippen LogP) is 3.09. The van der Waals surface area contributed by atoms with Crippen LogP contribution in [0.3, 0.4) is 0 Å². The Kier molecular flexibility index (Phi) is 3.55. The minimum absolute atomic E-state index is 0.279. The molecule has 0 aliphatic rings. The van der Waals surface area contributed by atoms with Gasteiger partial charge in [-0.05, 0) is 24.6 Å². The average Bonchev–Trinajstić information content (AvgIpc) is 3.13. The Labute approximate surface area is 122 Å². The van der Waals surface area contributed by atoms with Crippen molar-refractivity contribution in [3.63, 3.8) is 0 Å². The minimum atomic E-state index is -0.283. The van der Waals surface area contributed by atoms with Crippen LogP contribution in [0.1, 0.15) is 21.7 Å². The van der Waals surface area contributed by atoms with E-state index in [9.17, 15) is 4.79 Å². The van der Waals surface area contributed by atoms with Gasteiger partial charge in [0.2, 0.25) is 0 Å². The first-order valence-corrected chi connectivity index (χ1v) is 6.63. The number of nitrogens with zero attached hydrogens (tertiary/aromatic N) is 2. The van der Waals surface area contributed by atoms with Gasteiger partial charge in [-0.1, -0.05) is 29.8 Å².